The molecule has 118 heavy (non-hydrogen) atoms. The lowest BCUT2D eigenvalue weighted by Gasteiger charge is -2.38. The number of nitrogens with one attached hydrogen (secondary N) is 2. The van der Waals surface area contributed by atoms with Crippen molar-refractivity contribution in [3.8, 4) is 34.5 Å². The number of aromatic nitrogens is 2. The van der Waals surface area contributed by atoms with Crippen molar-refractivity contribution in [1.82, 2.24) is 14.3 Å². The molecule has 1 spiro atoms. The van der Waals surface area contributed by atoms with Crippen LogP contribution in [0.5, 0.6) is 34.5 Å². The minimum Gasteiger partial charge on any atom is -0.507 e. The number of methoxy groups -OCH3 is 2. The number of esters is 2. The Labute approximate surface area is 685 Å². The monoisotopic (exact) mass is 1630 g/mol. The molecular formula is C89H113N7O22. The number of ether oxygens (including phenoxy) is 8. The van der Waals surface area contributed by atoms with Crippen LogP contribution in [0.4, 0.5) is 11.4 Å². The second kappa shape index (κ2) is 34.6. The number of anilines is 2. The normalized spacial score (nSPS) is 31.8. The smallest absolute Gasteiger partial charge is 0.312 e. The molecule has 18 atom stereocenters. The highest BCUT2D eigenvalue weighted by molar-refractivity contribution is 6.28. The largest absolute Gasteiger partial charge is 0.507 e. The Kier molecular flexibility index (Phi) is 26.0. The van der Waals surface area contributed by atoms with Gasteiger partial charge in [0.1, 0.15) is 74.0 Å². The Balaban J connectivity index is 0.000000232. The van der Waals surface area contributed by atoms with Crippen LogP contribution >= 0.6 is 0 Å². The first-order chi connectivity index (χ1) is 55.5. The van der Waals surface area contributed by atoms with Crippen LogP contribution in [-0.4, -0.2) is 190 Å². The number of hydrogen-bond donors (Lipinski definition) is 10. The molecule has 4 aromatic carbocycles. The molecule has 29 nitrogen and oxygen atoms in total. The summed E-state index contributed by atoms with van der Waals surface area (Å²) >= 11 is 0. The van der Waals surface area contributed by atoms with Gasteiger partial charge in [0.2, 0.25) is 0 Å². The molecule has 6 aliphatic heterocycles. The summed E-state index contributed by atoms with van der Waals surface area (Å²) in [5.74, 6) is -13.5. The maximum Gasteiger partial charge on any atom is 0.312 e. The highest BCUT2D eigenvalue weighted by Gasteiger charge is 2.53. The van der Waals surface area contributed by atoms with E-state index in [1.54, 1.807) is 129 Å². The number of likely N-dealkylation sites (tertiary alicyclic amines) is 1. The van der Waals surface area contributed by atoms with E-state index in [1.165, 1.54) is 67.4 Å². The van der Waals surface area contributed by atoms with Crippen molar-refractivity contribution < 1.29 is 108 Å². The average Bonchev–Trinajstić information content (AvgIpc) is 1.52. The van der Waals surface area contributed by atoms with Gasteiger partial charge in [0.05, 0.1) is 76.7 Å². The Hall–Kier alpha value is -10.3. The van der Waals surface area contributed by atoms with Crippen LogP contribution in [0.15, 0.2) is 101 Å². The molecular weight excluding hydrogens is 1520 g/mol. The summed E-state index contributed by atoms with van der Waals surface area (Å²) < 4.78 is 49.5. The van der Waals surface area contributed by atoms with Gasteiger partial charge in [-0.3, -0.25) is 38.2 Å². The number of pyridine rings is 1. The number of carbonyl (C=O) groups excluding carboxylic acids is 6. The van der Waals surface area contributed by atoms with Gasteiger partial charge in [-0.25, -0.2) is 9.98 Å². The zero-order valence-corrected chi connectivity index (χ0v) is 70.9. The predicted octanol–water partition coefficient (Wildman–Crippen LogP) is 10.9. The number of amides is 2. The summed E-state index contributed by atoms with van der Waals surface area (Å²) in [7, 11) is 2.93. The van der Waals surface area contributed by atoms with E-state index in [-0.39, 0.29) is 105 Å². The number of Topliss-reactive ketones (excluding diaryl/α,β-unsaturated/α-hetero) is 2. The van der Waals surface area contributed by atoms with Crippen LogP contribution < -0.4 is 30.8 Å². The topological polar surface area (TPSA) is 407 Å². The van der Waals surface area contributed by atoms with Crippen molar-refractivity contribution in [2.75, 3.05) is 44.5 Å². The van der Waals surface area contributed by atoms with Crippen molar-refractivity contribution in [2.24, 2.45) is 63.2 Å². The number of allylic oxidation sites excluding steroid dienone is 4. The van der Waals surface area contributed by atoms with Crippen LogP contribution in [0.3, 0.4) is 0 Å². The summed E-state index contributed by atoms with van der Waals surface area (Å²) in [5.41, 5.74) is 2.07. The van der Waals surface area contributed by atoms with E-state index in [0.717, 1.165) is 25.2 Å². The minimum absolute atomic E-state index is 0.0185. The first-order valence-electron chi connectivity index (χ1n) is 40.2. The molecule has 2 amide bonds. The molecule has 12 rings (SSSR count). The summed E-state index contributed by atoms with van der Waals surface area (Å²) in [6, 6.07) is 3.64. The lowest BCUT2D eigenvalue weighted by atomic mass is 9.78. The molecule has 10 N–H and O–H groups in total. The zero-order chi connectivity index (χ0) is 86.7. The van der Waals surface area contributed by atoms with E-state index in [1.807, 2.05) is 19.1 Å². The van der Waals surface area contributed by atoms with Gasteiger partial charge in [-0.05, 0) is 70.4 Å². The maximum absolute atomic E-state index is 14.7. The van der Waals surface area contributed by atoms with E-state index < -0.39 is 160 Å². The van der Waals surface area contributed by atoms with Crippen LogP contribution in [0, 0.1) is 74.0 Å². The fraction of sp³-hybridized carbons (Fsp3) is 0.517. The molecule has 6 aromatic rings. The van der Waals surface area contributed by atoms with Crippen molar-refractivity contribution in [1.29, 1.82) is 0 Å². The highest BCUT2D eigenvalue weighted by Crippen LogP contribution is 2.56. The first kappa shape index (κ1) is 88.5. The molecule has 8 heterocycles. The van der Waals surface area contributed by atoms with Crippen LogP contribution in [0.25, 0.3) is 38.2 Å². The number of aryl methyl sites for hydroxylation is 1. The van der Waals surface area contributed by atoms with Gasteiger partial charge >= 0.3 is 23.5 Å². The molecule has 0 radical (unpaired) electrons. The fourth-order valence-electron chi connectivity index (χ4n) is 17.3. The highest BCUT2D eigenvalue weighted by atomic mass is 16.7. The third-order valence-electron chi connectivity index (χ3n) is 24.4. The van der Waals surface area contributed by atoms with Gasteiger partial charge in [-0.15, -0.1) is 0 Å². The van der Waals surface area contributed by atoms with Crippen LogP contribution in [0.1, 0.15) is 161 Å². The third-order valence-corrected chi connectivity index (χ3v) is 24.4. The number of fused-ring (bicyclic) bond motifs is 3. The Morgan fingerprint density at radius 1 is 0.602 bits per heavy atom. The van der Waals surface area contributed by atoms with Crippen molar-refractivity contribution in [3.05, 3.63) is 129 Å². The Morgan fingerprint density at radius 2 is 1.08 bits per heavy atom. The van der Waals surface area contributed by atoms with E-state index >= 15 is 0 Å². The van der Waals surface area contributed by atoms with Crippen LogP contribution in [-0.2, 0) is 47.6 Å². The molecule has 1 saturated heterocycles. The van der Waals surface area contributed by atoms with Gasteiger partial charge in [-0.1, -0.05) is 106 Å². The van der Waals surface area contributed by atoms with Crippen LogP contribution in [0.2, 0.25) is 0 Å². The number of aromatic hydroxyl groups is 4. The predicted molar refractivity (Wildman–Crippen MR) is 441 cm³/mol. The lowest BCUT2D eigenvalue weighted by molar-refractivity contribution is -0.161. The maximum atomic E-state index is 14.7. The molecule has 0 saturated carbocycles. The third kappa shape index (κ3) is 16.5. The quantitative estimate of drug-likeness (QED) is 0.0421. The number of aliphatic hydroxyl groups is 4. The van der Waals surface area contributed by atoms with Crippen molar-refractivity contribution >= 4 is 84.9 Å². The molecule has 636 valence electrons. The van der Waals surface area contributed by atoms with Crippen molar-refractivity contribution in [3.63, 3.8) is 0 Å². The molecule has 8 bridgehead atoms. The number of benzene rings is 4. The molecule has 6 aliphatic rings. The summed E-state index contributed by atoms with van der Waals surface area (Å²) in [4.78, 5) is 98.4. The standard InChI is InChI=1S/C46H62N4O11.C43H51N3O11/c1-22(2)21-50-18-16-46(17-19-50)48-34-31-32-39(54)28(8)42-33(31)43(56)45(10,61-42)59-20-15-30(58-11)25(5)41(60-29(9)51)27(7)38(53)26(6)37(52)23(3)13-12-14-24(4)44(57)47-36(40(32)55)35(34)49-46;1-19-14-16-46-28(18-19)44-32-29-30-37(50)25(7)40-31(29)41(52)43(9,57-40)55-17-15-27(54-10)22(4)39(56-26(8)47)24(6)36(49)23(5)35(48)20(2)12-11-13-21(3)42(53)45-33(34(32)46)38(30)51/h12-15,20,22-23,25-27,30,37-38,41,48,52-55H,16-19,21H2,1-11H3;11-18,20,22-24,27,35-36,39,48-51H,1-10H3,(H,45,53)/b13-12+,20-15+,24-14-,47-36?;12-11+,17-15+,21-13-/t23-,25+,26+,27+,30-,37-,38+,41+,45-;20-,22+,23+,24+,27-,35-,36+,39+,43-/m00/s1. The SMILES string of the molecule is CO[C@H]1/C=C/O[C@@]2(C)Oc3c(C)c(O)c4c(O)c(c5c(c4c3C2=O)NC2(CCN(CC(C)C)CC2)N=5)=NC(=O)/C(C)=C\C=C\[C@H](C)[C@H](O)[C@@H](C)[C@@H](O)[C@@H](C)[C@H](OC(C)=O)[C@@H]1C.CO[C@H]1/C=C/O[C@@]2(C)Oc3c(C)c(O)c4c(O)c(c5c(nc6cc(C)ccn65)c4c3C2=O)NC(=O)/C(C)=C\C=C\[C@H](C)[C@H](O)[C@@H](C)[C@@H](O)[C@@H](C)[C@H](OC(C)=O)[C@@H]1C. The summed E-state index contributed by atoms with van der Waals surface area (Å²) in [6.45, 7) is 34.2. The van der Waals surface area contributed by atoms with Gasteiger partial charge < -0.3 is 94.3 Å². The molecule has 29 heteroatoms. The Morgan fingerprint density at radius 3 is 1.55 bits per heavy atom. The Bertz CT molecular complexity index is 5320. The van der Waals surface area contributed by atoms with E-state index in [0.29, 0.717) is 30.1 Å². The minimum atomic E-state index is -1.96. The summed E-state index contributed by atoms with van der Waals surface area (Å²) in [5, 5.41) is 99.9. The second-order valence-electron chi connectivity index (χ2n) is 33.6. The van der Waals surface area contributed by atoms with E-state index in [4.69, 9.17) is 47.9 Å². The number of rotatable bonds is 6. The number of hydrogen-bond acceptors (Lipinski definition) is 26. The number of imidazole rings is 1. The van der Waals surface area contributed by atoms with Gasteiger partial charge in [-0.2, -0.15) is 0 Å². The summed E-state index contributed by atoms with van der Waals surface area (Å²) in [6.07, 6.45) is 10.7. The average molecular weight is 1630 g/mol. The van der Waals surface area contributed by atoms with E-state index in [9.17, 15) is 69.6 Å². The van der Waals surface area contributed by atoms with Gasteiger partial charge in [0, 0.05) is 161 Å². The number of ketones is 2. The number of aliphatic hydroxyl groups excluding tert-OH is 4. The molecule has 0 unspecified atom stereocenters. The number of carbonyl (C=O) groups is 6. The number of piperidine rings is 1. The number of phenolic OH excluding ortho intramolecular Hbond substituents is 4. The van der Waals surface area contributed by atoms with Gasteiger partial charge in [0.15, 0.2) is 11.5 Å². The van der Waals surface area contributed by atoms with Crippen molar-refractivity contribution in [2.45, 2.75) is 210 Å². The van der Waals surface area contributed by atoms with E-state index in [2.05, 4.69) is 34.4 Å². The molecule has 2 aromatic heterocycles. The second-order valence-corrected chi connectivity index (χ2v) is 33.6. The first-order valence-corrected chi connectivity index (χ1v) is 40.2. The fourth-order valence-corrected chi connectivity index (χ4v) is 17.3. The zero-order valence-electron chi connectivity index (χ0n) is 70.9. The lowest BCUT2D eigenvalue weighted by Crippen LogP contribution is -2.47. The molecule has 1 fully saturated rings. The number of nitrogens with zero attached hydrogens (tertiary/aromatic N) is 5. The van der Waals surface area contributed by atoms with Gasteiger partial charge in [0.25, 0.3) is 23.4 Å². The molecule has 0 aliphatic carbocycles. The number of phenols is 4.